The van der Waals surface area contributed by atoms with Gasteiger partial charge in [-0.15, -0.1) is 0 Å². The van der Waals surface area contributed by atoms with Gasteiger partial charge < -0.3 is 5.32 Å². The summed E-state index contributed by atoms with van der Waals surface area (Å²) >= 11 is 0. The van der Waals surface area contributed by atoms with Crippen molar-refractivity contribution in [3.05, 3.63) is 36.0 Å². The maximum atomic E-state index is 4.58. The van der Waals surface area contributed by atoms with Crippen molar-refractivity contribution in [1.82, 2.24) is 9.88 Å². The van der Waals surface area contributed by atoms with Crippen molar-refractivity contribution in [3.8, 4) is 0 Å². The van der Waals surface area contributed by atoms with Gasteiger partial charge in [-0.05, 0) is 38.4 Å². The number of rotatable bonds is 6. The Hall–Kier alpha value is -1.61. The third-order valence-corrected chi connectivity index (χ3v) is 4.03. The van der Waals surface area contributed by atoms with E-state index in [2.05, 4.69) is 53.3 Å². The van der Waals surface area contributed by atoms with Gasteiger partial charge in [0.1, 0.15) is 0 Å². The van der Waals surface area contributed by atoms with Crippen molar-refractivity contribution in [3.63, 3.8) is 0 Å². The van der Waals surface area contributed by atoms with Gasteiger partial charge in [0.05, 0.1) is 5.52 Å². The zero-order valence-electron chi connectivity index (χ0n) is 12.4. The zero-order chi connectivity index (χ0) is 13.9. The topological polar surface area (TPSA) is 28.2 Å². The van der Waals surface area contributed by atoms with E-state index in [1.165, 1.54) is 23.9 Å². The van der Waals surface area contributed by atoms with Crippen molar-refractivity contribution in [2.75, 3.05) is 25.0 Å². The molecule has 2 aromatic rings. The first kappa shape index (κ1) is 13.4. The molecule has 0 radical (unpaired) electrons. The summed E-state index contributed by atoms with van der Waals surface area (Å²) in [5, 5.41) is 4.81. The van der Waals surface area contributed by atoms with Crippen LogP contribution in [-0.4, -0.2) is 35.6 Å². The maximum absolute atomic E-state index is 4.58. The smallest absolute Gasteiger partial charge is 0.0725 e. The van der Waals surface area contributed by atoms with Crippen molar-refractivity contribution < 1.29 is 0 Å². The molecule has 1 fully saturated rings. The van der Waals surface area contributed by atoms with Crippen LogP contribution in [0.4, 0.5) is 5.69 Å². The number of likely N-dealkylation sites (N-methyl/N-ethyl adjacent to an activating group) is 1. The Kier molecular flexibility index (Phi) is 3.88. The van der Waals surface area contributed by atoms with E-state index >= 15 is 0 Å². The summed E-state index contributed by atoms with van der Waals surface area (Å²) in [7, 11) is 0. The van der Waals surface area contributed by atoms with Crippen LogP contribution in [0.2, 0.25) is 0 Å². The number of aryl methyl sites for hydroxylation is 1. The van der Waals surface area contributed by atoms with Crippen molar-refractivity contribution in [2.24, 2.45) is 0 Å². The minimum atomic E-state index is 0.845. The normalized spacial score (nSPS) is 14.9. The molecule has 0 saturated heterocycles. The highest BCUT2D eigenvalue weighted by Crippen LogP contribution is 2.26. The van der Waals surface area contributed by atoms with Crippen LogP contribution in [-0.2, 0) is 0 Å². The second-order valence-electron chi connectivity index (χ2n) is 5.61. The van der Waals surface area contributed by atoms with Gasteiger partial charge in [-0.2, -0.15) is 0 Å². The molecule has 1 aliphatic rings. The lowest BCUT2D eigenvalue weighted by atomic mass is 10.1. The summed E-state index contributed by atoms with van der Waals surface area (Å²) in [5.41, 5.74) is 3.35. The Morgan fingerprint density at radius 1 is 1.30 bits per heavy atom. The molecule has 0 unspecified atom stereocenters. The van der Waals surface area contributed by atoms with Crippen molar-refractivity contribution >= 4 is 16.6 Å². The molecule has 1 aromatic carbocycles. The predicted molar refractivity (Wildman–Crippen MR) is 85.2 cm³/mol. The lowest BCUT2D eigenvalue weighted by Crippen LogP contribution is -2.30. The van der Waals surface area contributed by atoms with E-state index in [0.29, 0.717) is 0 Å². The summed E-state index contributed by atoms with van der Waals surface area (Å²) in [4.78, 5) is 7.16. The predicted octanol–water partition coefficient (Wildman–Crippen LogP) is 3.44. The Balaban J connectivity index is 1.70. The standard InChI is InChI=1S/C17H23N3/c1-3-20(14-8-9-14)11-10-18-17-12-13(2)19-16-7-5-4-6-15(16)17/h4-7,12,14H,3,8-11H2,1-2H3,(H,18,19). The molecule has 1 saturated carbocycles. The summed E-state index contributed by atoms with van der Waals surface area (Å²) in [6, 6.07) is 11.3. The van der Waals surface area contributed by atoms with E-state index in [1.54, 1.807) is 0 Å². The molecule has 106 valence electrons. The first-order valence-electron chi connectivity index (χ1n) is 7.62. The Morgan fingerprint density at radius 2 is 2.10 bits per heavy atom. The molecule has 3 nitrogen and oxygen atoms in total. The fourth-order valence-electron chi connectivity index (χ4n) is 2.83. The fourth-order valence-corrected chi connectivity index (χ4v) is 2.83. The highest BCUT2D eigenvalue weighted by atomic mass is 15.2. The Morgan fingerprint density at radius 3 is 2.85 bits per heavy atom. The monoisotopic (exact) mass is 269 g/mol. The molecule has 1 heterocycles. The van der Waals surface area contributed by atoms with E-state index in [0.717, 1.165) is 36.9 Å². The highest BCUT2D eigenvalue weighted by Gasteiger charge is 2.27. The number of nitrogens with one attached hydrogen (secondary N) is 1. The quantitative estimate of drug-likeness (QED) is 0.870. The molecule has 1 aromatic heterocycles. The van der Waals surface area contributed by atoms with Crippen LogP contribution in [0.3, 0.4) is 0 Å². The number of aromatic nitrogens is 1. The summed E-state index contributed by atoms with van der Waals surface area (Å²) in [5.74, 6) is 0. The van der Waals surface area contributed by atoms with Crippen LogP contribution < -0.4 is 5.32 Å². The molecular formula is C17H23N3. The zero-order valence-corrected chi connectivity index (χ0v) is 12.4. The summed E-state index contributed by atoms with van der Waals surface area (Å²) in [6.45, 7) is 7.58. The molecular weight excluding hydrogens is 246 g/mol. The van der Waals surface area contributed by atoms with Gasteiger partial charge in [-0.1, -0.05) is 25.1 Å². The fraction of sp³-hybridized carbons (Fsp3) is 0.471. The van der Waals surface area contributed by atoms with E-state index < -0.39 is 0 Å². The molecule has 0 atom stereocenters. The minimum absolute atomic E-state index is 0.845. The number of pyridine rings is 1. The molecule has 0 amide bonds. The second kappa shape index (κ2) is 5.80. The van der Waals surface area contributed by atoms with Crippen LogP contribution in [0.15, 0.2) is 30.3 Å². The van der Waals surface area contributed by atoms with Gasteiger partial charge in [-0.25, -0.2) is 0 Å². The first-order valence-corrected chi connectivity index (χ1v) is 7.62. The van der Waals surface area contributed by atoms with Crippen LogP contribution >= 0.6 is 0 Å². The van der Waals surface area contributed by atoms with Gasteiger partial charge in [-0.3, -0.25) is 9.88 Å². The van der Waals surface area contributed by atoms with Gasteiger partial charge in [0, 0.05) is 35.9 Å². The van der Waals surface area contributed by atoms with Crippen molar-refractivity contribution in [2.45, 2.75) is 32.7 Å². The highest BCUT2D eigenvalue weighted by molar-refractivity contribution is 5.91. The molecule has 0 spiro atoms. The minimum Gasteiger partial charge on any atom is -0.383 e. The van der Waals surface area contributed by atoms with E-state index in [-0.39, 0.29) is 0 Å². The Labute approximate surface area is 121 Å². The summed E-state index contributed by atoms with van der Waals surface area (Å²) in [6.07, 6.45) is 2.76. The Bertz CT molecular complexity index is 590. The number of nitrogens with zero attached hydrogens (tertiary/aromatic N) is 2. The van der Waals surface area contributed by atoms with Crippen LogP contribution in [0.5, 0.6) is 0 Å². The van der Waals surface area contributed by atoms with Crippen LogP contribution in [0.1, 0.15) is 25.5 Å². The van der Waals surface area contributed by atoms with Gasteiger partial charge in [0.25, 0.3) is 0 Å². The first-order chi connectivity index (χ1) is 9.78. The van der Waals surface area contributed by atoms with E-state index in [4.69, 9.17) is 0 Å². The molecule has 1 aliphatic carbocycles. The molecule has 0 bridgehead atoms. The molecule has 0 aliphatic heterocycles. The number of hydrogen-bond acceptors (Lipinski definition) is 3. The average molecular weight is 269 g/mol. The third-order valence-electron chi connectivity index (χ3n) is 4.03. The average Bonchev–Trinajstić information content (AvgIpc) is 3.28. The second-order valence-corrected chi connectivity index (χ2v) is 5.61. The SMILES string of the molecule is CCN(CCNc1cc(C)nc2ccccc12)C1CC1. The summed E-state index contributed by atoms with van der Waals surface area (Å²) < 4.78 is 0. The van der Waals surface area contributed by atoms with Crippen LogP contribution in [0.25, 0.3) is 10.9 Å². The lowest BCUT2D eigenvalue weighted by Gasteiger charge is -2.20. The number of hydrogen-bond donors (Lipinski definition) is 1. The molecule has 20 heavy (non-hydrogen) atoms. The number of para-hydroxylation sites is 1. The molecule has 3 rings (SSSR count). The van der Waals surface area contributed by atoms with Gasteiger partial charge in [0.15, 0.2) is 0 Å². The number of benzene rings is 1. The van der Waals surface area contributed by atoms with Gasteiger partial charge in [0.2, 0.25) is 0 Å². The molecule has 1 N–H and O–H groups in total. The maximum Gasteiger partial charge on any atom is 0.0725 e. The molecule has 3 heteroatoms. The van der Waals surface area contributed by atoms with E-state index in [9.17, 15) is 0 Å². The lowest BCUT2D eigenvalue weighted by molar-refractivity contribution is 0.289. The number of anilines is 1. The van der Waals surface area contributed by atoms with Gasteiger partial charge >= 0.3 is 0 Å². The van der Waals surface area contributed by atoms with E-state index in [1.807, 2.05) is 6.07 Å². The third kappa shape index (κ3) is 2.93. The van der Waals surface area contributed by atoms with Crippen LogP contribution in [0, 0.1) is 6.92 Å². The van der Waals surface area contributed by atoms with Crippen molar-refractivity contribution in [1.29, 1.82) is 0 Å². The largest absolute Gasteiger partial charge is 0.383 e. The number of fused-ring (bicyclic) bond motifs is 1.